The molecule has 9 heteroatoms. The molecule has 0 spiro atoms. The van der Waals surface area contributed by atoms with Crippen LogP contribution in [0, 0.1) is 0 Å². The lowest BCUT2D eigenvalue weighted by Gasteiger charge is -2.03. The van der Waals surface area contributed by atoms with E-state index in [0.29, 0.717) is 11.4 Å². The first-order valence-electron chi connectivity index (χ1n) is 5.83. The summed E-state index contributed by atoms with van der Waals surface area (Å²) in [6.45, 7) is 0.0836. The number of nitrogens with zero attached hydrogens (tertiary/aromatic N) is 4. The number of carbonyl (C=O) groups is 2. The molecule has 0 aromatic carbocycles. The van der Waals surface area contributed by atoms with Gasteiger partial charge in [-0.15, -0.1) is 0 Å². The van der Waals surface area contributed by atoms with Gasteiger partial charge in [-0.2, -0.15) is 10.2 Å². The molecule has 2 aromatic rings. The molecule has 0 aliphatic rings. The van der Waals surface area contributed by atoms with E-state index in [1.54, 1.807) is 20.3 Å². The number of nitrogen functional groups attached to an aromatic ring is 1. The third-order valence-corrected chi connectivity index (χ3v) is 2.66. The van der Waals surface area contributed by atoms with Crippen molar-refractivity contribution in [2.45, 2.75) is 6.54 Å². The van der Waals surface area contributed by atoms with Crippen LogP contribution in [0.1, 0.15) is 10.5 Å². The van der Waals surface area contributed by atoms with Gasteiger partial charge in [0.1, 0.15) is 12.2 Å². The average molecular weight is 277 g/mol. The first-order valence-corrected chi connectivity index (χ1v) is 5.83. The third kappa shape index (κ3) is 2.76. The Balaban J connectivity index is 2.07. The molecule has 0 saturated heterocycles. The normalized spacial score (nSPS) is 10.3. The van der Waals surface area contributed by atoms with Crippen molar-refractivity contribution in [3.63, 3.8) is 0 Å². The molecular formula is C11H15N7O2. The van der Waals surface area contributed by atoms with Crippen molar-refractivity contribution in [3.8, 4) is 0 Å². The molecule has 0 bridgehead atoms. The fraction of sp³-hybridized carbons (Fsp3) is 0.273. The van der Waals surface area contributed by atoms with Gasteiger partial charge < -0.3 is 16.4 Å². The zero-order chi connectivity index (χ0) is 14.7. The van der Waals surface area contributed by atoms with E-state index in [1.807, 2.05) is 0 Å². The summed E-state index contributed by atoms with van der Waals surface area (Å²) < 4.78 is 2.81. The number of anilines is 2. The molecule has 0 radical (unpaired) electrons. The first kappa shape index (κ1) is 13.6. The highest BCUT2D eigenvalue weighted by Gasteiger charge is 2.15. The smallest absolute Gasteiger partial charge is 0.276 e. The molecule has 106 valence electrons. The van der Waals surface area contributed by atoms with E-state index in [-0.39, 0.29) is 24.1 Å². The molecule has 0 unspecified atom stereocenters. The van der Waals surface area contributed by atoms with Crippen molar-refractivity contribution in [1.29, 1.82) is 0 Å². The molecule has 0 aliphatic heterocycles. The quantitative estimate of drug-likeness (QED) is 0.675. The van der Waals surface area contributed by atoms with Crippen LogP contribution in [-0.4, -0.2) is 38.4 Å². The number of rotatable bonds is 4. The molecule has 2 heterocycles. The Labute approximate surface area is 114 Å². The van der Waals surface area contributed by atoms with Crippen molar-refractivity contribution in [1.82, 2.24) is 24.9 Å². The van der Waals surface area contributed by atoms with Crippen molar-refractivity contribution in [2.75, 3.05) is 18.1 Å². The van der Waals surface area contributed by atoms with Gasteiger partial charge in [0.05, 0.1) is 23.8 Å². The van der Waals surface area contributed by atoms with Crippen molar-refractivity contribution in [2.24, 2.45) is 7.05 Å². The second-order valence-corrected chi connectivity index (χ2v) is 4.13. The molecule has 2 aromatic heterocycles. The van der Waals surface area contributed by atoms with Crippen LogP contribution in [0.25, 0.3) is 0 Å². The lowest BCUT2D eigenvalue weighted by atomic mass is 10.3. The van der Waals surface area contributed by atoms with Crippen molar-refractivity contribution in [3.05, 3.63) is 24.3 Å². The Hall–Kier alpha value is -2.84. The minimum atomic E-state index is -0.387. The minimum absolute atomic E-state index is 0.0836. The van der Waals surface area contributed by atoms with Crippen LogP contribution in [-0.2, 0) is 18.4 Å². The van der Waals surface area contributed by atoms with Crippen LogP contribution in [0.3, 0.4) is 0 Å². The number of aryl methyl sites for hydroxylation is 1. The molecule has 0 aliphatic carbocycles. The number of carbonyl (C=O) groups excluding carboxylic acids is 2. The molecule has 0 fully saturated rings. The second kappa shape index (κ2) is 5.43. The van der Waals surface area contributed by atoms with Crippen LogP contribution in [0.15, 0.2) is 18.6 Å². The van der Waals surface area contributed by atoms with Crippen LogP contribution in [0.4, 0.5) is 11.4 Å². The number of nitrogens with two attached hydrogens (primary N) is 1. The standard InChI is InChI=1S/C11H15N7O2/c1-13-9(19)6-18-5-7(3-15-18)16-11(20)10-8(12)4-14-17(10)2/h3-5H,6,12H2,1-2H3,(H,13,19)(H,16,20). The highest BCUT2D eigenvalue weighted by atomic mass is 16.2. The summed E-state index contributed by atoms with van der Waals surface area (Å²) in [6, 6.07) is 0. The van der Waals surface area contributed by atoms with Gasteiger partial charge in [0, 0.05) is 20.3 Å². The number of hydrogen-bond acceptors (Lipinski definition) is 5. The molecule has 4 N–H and O–H groups in total. The predicted molar refractivity (Wildman–Crippen MR) is 71.9 cm³/mol. The van der Waals surface area contributed by atoms with Crippen molar-refractivity contribution >= 4 is 23.2 Å². The maximum atomic E-state index is 12.0. The van der Waals surface area contributed by atoms with E-state index >= 15 is 0 Å². The maximum absolute atomic E-state index is 12.0. The maximum Gasteiger partial charge on any atom is 0.276 e. The summed E-state index contributed by atoms with van der Waals surface area (Å²) in [5, 5.41) is 13.0. The third-order valence-electron chi connectivity index (χ3n) is 2.66. The summed E-state index contributed by atoms with van der Waals surface area (Å²) in [5.74, 6) is -0.566. The Morgan fingerprint density at radius 2 is 2.10 bits per heavy atom. The number of nitrogens with one attached hydrogen (secondary N) is 2. The fourth-order valence-corrected chi connectivity index (χ4v) is 1.66. The monoisotopic (exact) mass is 277 g/mol. The van der Waals surface area contributed by atoms with Gasteiger partial charge >= 0.3 is 0 Å². The number of likely N-dealkylation sites (N-methyl/N-ethyl adjacent to an activating group) is 1. The van der Waals surface area contributed by atoms with Crippen LogP contribution in [0.5, 0.6) is 0 Å². The fourth-order valence-electron chi connectivity index (χ4n) is 1.66. The van der Waals surface area contributed by atoms with Crippen LogP contribution < -0.4 is 16.4 Å². The zero-order valence-electron chi connectivity index (χ0n) is 11.1. The molecule has 2 rings (SSSR count). The Morgan fingerprint density at radius 1 is 1.35 bits per heavy atom. The van der Waals surface area contributed by atoms with Gasteiger partial charge in [0.2, 0.25) is 5.91 Å². The van der Waals surface area contributed by atoms with Crippen LogP contribution in [0.2, 0.25) is 0 Å². The lowest BCUT2D eigenvalue weighted by molar-refractivity contribution is -0.121. The summed E-state index contributed by atoms with van der Waals surface area (Å²) in [4.78, 5) is 23.2. The second-order valence-electron chi connectivity index (χ2n) is 4.13. The lowest BCUT2D eigenvalue weighted by Crippen LogP contribution is -2.23. The SMILES string of the molecule is CNC(=O)Cn1cc(NC(=O)c2c(N)cnn2C)cn1. The average Bonchev–Trinajstić information content (AvgIpc) is 2.96. The summed E-state index contributed by atoms with van der Waals surface area (Å²) in [5.41, 5.74) is 6.70. The van der Waals surface area contributed by atoms with E-state index in [1.165, 1.54) is 21.8 Å². The summed E-state index contributed by atoms with van der Waals surface area (Å²) in [7, 11) is 3.17. The minimum Gasteiger partial charge on any atom is -0.396 e. The number of aromatic nitrogens is 4. The Bertz CT molecular complexity index is 623. The molecule has 0 atom stereocenters. The summed E-state index contributed by atoms with van der Waals surface area (Å²) >= 11 is 0. The molecule has 0 saturated carbocycles. The van der Waals surface area contributed by atoms with Gasteiger partial charge in [0.25, 0.3) is 5.91 Å². The van der Waals surface area contributed by atoms with E-state index in [4.69, 9.17) is 5.73 Å². The molecule has 2 amide bonds. The van der Waals surface area contributed by atoms with E-state index in [2.05, 4.69) is 20.8 Å². The topological polar surface area (TPSA) is 120 Å². The predicted octanol–water partition coefficient (Wildman–Crippen LogP) is -0.803. The van der Waals surface area contributed by atoms with E-state index < -0.39 is 0 Å². The number of amides is 2. The largest absolute Gasteiger partial charge is 0.396 e. The van der Waals surface area contributed by atoms with Gasteiger partial charge in [-0.1, -0.05) is 0 Å². The van der Waals surface area contributed by atoms with Crippen molar-refractivity contribution < 1.29 is 9.59 Å². The van der Waals surface area contributed by atoms with Gasteiger partial charge in [-0.05, 0) is 0 Å². The van der Waals surface area contributed by atoms with Gasteiger partial charge in [0.15, 0.2) is 0 Å². The highest BCUT2D eigenvalue weighted by Crippen LogP contribution is 2.13. The van der Waals surface area contributed by atoms with Crippen LogP contribution >= 0.6 is 0 Å². The Kier molecular flexibility index (Phi) is 3.69. The number of hydrogen-bond donors (Lipinski definition) is 3. The molecule has 20 heavy (non-hydrogen) atoms. The molecular weight excluding hydrogens is 262 g/mol. The summed E-state index contributed by atoms with van der Waals surface area (Å²) in [6.07, 6.45) is 4.41. The van der Waals surface area contributed by atoms with E-state index in [0.717, 1.165) is 0 Å². The first-order chi connectivity index (χ1) is 9.51. The molecule has 9 nitrogen and oxygen atoms in total. The highest BCUT2D eigenvalue weighted by molar-refractivity contribution is 6.06. The van der Waals surface area contributed by atoms with E-state index in [9.17, 15) is 9.59 Å². The zero-order valence-corrected chi connectivity index (χ0v) is 11.1. The Morgan fingerprint density at radius 3 is 2.70 bits per heavy atom. The van der Waals surface area contributed by atoms with Gasteiger partial charge in [-0.25, -0.2) is 0 Å². The van der Waals surface area contributed by atoms with Gasteiger partial charge in [-0.3, -0.25) is 19.0 Å².